The van der Waals surface area contributed by atoms with Gasteiger partial charge in [-0.05, 0) is 73.8 Å². The molecule has 0 spiro atoms. The zero-order chi connectivity index (χ0) is 31.9. The maximum absolute atomic E-state index is 15.2. The van der Waals surface area contributed by atoms with Gasteiger partial charge in [-0.3, -0.25) is 14.7 Å². The number of rotatable bonds is 8. The molecule has 1 aromatic carbocycles. The SMILES string of the molecule is CCCCn1cc(-c2ccc(O[C@@H]3CCN(CC4CCNCC4)C[C@H]3F)c(F)c2)c2ccncc2c1=O.O=C(O)C(F)(F)F. The van der Waals surface area contributed by atoms with Gasteiger partial charge in [0.25, 0.3) is 5.56 Å². The van der Waals surface area contributed by atoms with Gasteiger partial charge >= 0.3 is 12.1 Å². The molecule has 44 heavy (non-hydrogen) atoms. The Labute approximate surface area is 251 Å². The van der Waals surface area contributed by atoms with Crippen LogP contribution in [0.15, 0.2) is 47.7 Å². The molecular formula is C31H37F5N4O4. The van der Waals surface area contributed by atoms with Crippen LogP contribution in [0.5, 0.6) is 5.75 Å². The molecule has 2 saturated heterocycles. The summed E-state index contributed by atoms with van der Waals surface area (Å²) in [5.74, 6) is -2.62. The summed E-state index contributed by atoms with van der Waals surface area (Å²) in [6.07, 6.45) is 2.72. The van der Waals surface area contributed by atoms with Crippen molar-refractivity contribution in [1.29, 1.82) is 0 Å². The molecule has 0 unspecified atom stereocenters. The maximum Gasteiger partial charge on any atom is 0.490 e. The van der Waals surface area contributed by atoms with Gasteiger partial charge in [-0.25, -0.2) is 13.6 Å². The van der Waals surface area contributed by atoms with Crippen molar-refractivity contribution in [2.75, 3.05) is 32.7 Å². The summed E-state index contributed by atoms with van der Waals surface area (Å²) in [7, 11) is 0. The molecule has 0 aliphatic carbocycles. The number of fused-ring (bicyclic) bond motifs is 1. The van der Waals surface area contributed by atoms with E-state index in [4.69, 9.17) is 14.6 Å². The number of unbranched alkanes of at least 4 members (excludes halogenated alkanes) is 1. The lowest BCUT2D eigenvalue weighted by atomic mass is 9.96. The second kappa shape index (κ2) is 14.9. The predicted octanol–water partition coefficient (Wildman–Crippen LogP) is 5.43. The maximum atomic E-state index is 15.2. The van der Waals surface area contributed by atoms with E-state index in [0.29, 0.717) is 36.4 Å². The van der Waals surface area contributed by atoms with Crippen LogP contribution in [0.4, 0.5) is 22.0 Å². The number of carbonyl (C=O) groups is 1. The van der Waals surface area contributed by atoms with Crippen molar-refractivity contribution in [2.24, 2.45) is 5.92 Å². The number of likely N-dealkylation sites (tertiary alicyclic amines) is 1. The minimum atomic E-state index is -5.08. The second-order valence-corrected chi connectivity index (χ2v) is 11.2. The van der Waals surface area contributed by atoms with E-state index in [1.165, 1.54) is 6.07 Å². The van der Waals surface area contributed by atoms with Crippen LogP contribution in [-0.4, -0.2) is 76.7 Å². The number of nitrogens with zero attached hydrogens (tertiary/aromatic N) is 3. The molecule has 2 aliphatic rings. The molecule has 2 fully saturated rings. The number of carboxylic acid groups (broad SMARTS) is 1. The van der Waals surface area contributed by atoms with Gasteiger partial charge in [0.2, 0.25) is 0 Å². The van der Waals surface area contributed by atoms with Crippen molar-refractivity contribution in [3.05, 3.63) is 59.0 Å². The van der Waals surface area contributed by atoms with E-state index in [9.17, 15) is 18.0 Å². The van der Waals surface area contributed by atoms with Crippen molar-refractivity contribution < 1.29 is 36.6 Å². The number of aryl methyl sites for hydroxylation is 1. The average molecular weight is 625 g/mol. The third kappa shape index (κ3) is 8.53. The summed E-state index contributed by atoms with van der Waals surface area (Å²) in [6, 6.07) is 6.55. The number of ether oxygens (including phenoxy) is 1. The summed E-state index contributed by atoms with van der Waals surface area (Å²) in [4.78, 5) is 28.1. The summed E-state index contributed by atoms with van der Waals surface area (Å²) in [5, 5.41) is 11.7. The number of aliphatic carboxylic acids is 1. The van der Waals surface area contributed by atoms with E-state index < -0.39 is 30.2 Å². The number of alkyl halides is 4. The van der Waals surface area contributed by atoms with Gasteiger partial charge in [-0.15, -0.1) is 0 Å². The lowest BCUT2D eigenvalue weighted by Gasteiger charge is -2.37. The van der Waals surface area contributed by atoms with E-state index in [2.05, 4.69) is 22.1 Å². The largest absolute Gasteiger partial charge is 0.490 e. The van der Waals surface area contributed by atoms with Crippen molar-refractivity contribution in [1.82, 2.24) is 19.8 Å². The third-order valence-electron chi connectivity index (χ3n) is 7.94. The highest BCUT2D eigenvalue weighted by atomic mass is 19.4. The summed E-state index contributed by atoms with van der Waals surface area (Å²) in [5.41, 5.74) is 1.30. The lowest BCUT2D eigenvalue weighted by molar-refractivity contribution is -0.192. The quantitative estimate of drug-likeness (QED) is 0.323. The number of hydrogen-bond donors (Lipinski definition) is 2. The van der Waals surface area contributed by atoms with Crippen LogP contribution < -0.4 is 15.6 Å². The molecule has 8 nitrogen and oxygen atoms in total. The second-order valence-electron chi connectivity index (χ2n) is 11.2. The number of halogens is 5. The molecule has 4 heterocycles. The first-order chi connectivity index (χ1) is 21.0. The van der Waals surface area contributed by atoms with Crippen molar-refractivity contribution in [3.8, 4) is 16.9 Å². The normalized spacial score (nSPS) is 19.8. The van der Waals surface area contributed by atoms with Crippen molar-refractivity contribution >= 4 is 16.7 Å². The Bertz CT molecular complexity index is 1480. The minimum Gasteiger partial charge on any atom is -0.484 e. The third-order valence-corrected chi connectivity index (χ3v) is 7.94. The zero-order valence-electron chi connectivity index (χ0n) is 24.5. The molecule has 13 heteroatoms. The number of carboxylic acids is 1. The molecule has 2 aliphatic heterocycles. The molecular weight excluding hydrogens is 587 g/mol. The first-order valence-corrected chi connectivity index (χ1v) is 14.8. The Balaban J connectivity index is 0.000000566. The van der Waals surface area contributed by atoms with Crippen LogP contribution in [-0.2, 0) is 11.3 Å². The van der Waals surface area contributed by atoms with E-state index in [-0.39, 0.29) is 11.3 Å². The molecule has 3 aromatic rings. The Morgan fingerprint density at radius 2 is 1.89 bits per heavy atom. The van der Waals surface area contributed by atoms with Gasteiger partial charge in [0.05, 0.1) is 5.39 Å². The molecule has 0 saturated carbocycles. The summed E-state index contributed by atoms with van der Waals surface area (Å²) < 4.78 is 69.5. The standard InChI is InChI=1S/C29H36F2N4O2.C2HF3O2/c1-2-3-13-35-18-24(22-8-12-33-16-23(22)29(35)36)21-4-5-27(25(30)15-21)37-28-9-14-34(19-26(28)31)17-20-6-10-32-11-7-20;3-2(4,5)1(6)7/h4-5,8,12,15-16,18,20,26,28,32H,2-3,6-7,9-11,13-14,17,19H2,1H3;(H,6,7)/t26-,28-;/m1./s1. The van der Waals surface area contributed by atoms with Gasteiger partial charge in [-0.2, -0.15) is 13.2 Å². The van der Waals surface area contributed by atoms with Crippen LogP contribution >= 0.6 is 0 Å². The molecule has 0 amide bonds. The Hall–Kier alpha value is -3.58. The smallest absolute Gasteiger partial charge is 0.484 e. The van der Waals surface area contributed by atoms with Gasteiger partial charge in [-0.1, -0.05) is 19.4 Å². The van der Waals surface area contributed by atoms with E-state index in [0.717, 1.165) is 62.8 Å². The average Bonchev–Trinajstić information content (AvgIpc) is 2.99. The number of nitrogens with one attached hydrogen (secondary N) is 1. The Morgan fingerprint density at radius 1 is 1.16 bits per heavy atom. The topological polar surface area (TPSA) is 96.7 Å². The molecule has 2 atom stereocenters. The van der Waals surface area contributed by atoms with Gasteiger partial charge in [0.1, 0.15) is 12.3 Å². The monoisotopic (exact) mass is 624 g/mol. The summed E-state index contributed by atoms with van der Waals surface area (Å²) >= 11 is 0. The fraction of sp³-hybridized carbons (Fsp3) is 0.516. The zero-order valence-corrected chi connectivity index (χ0v) is 24.5. The fourth-order valence-electron chi connectivity index (χ4n) is 5.56. The highest BCUT2D eigenvalue weighted by molar-refractivity contribution is 5.95. The van der Waals surface area contributed by atoms with Gasteiger partial charge < -0.3 is 19.7 Å². The van der Waals surface area contributed by atoms with E-state index >= 15 is 8.78 Å². The molecule has 5 rings (SSSR count). The first kappa shape index (κ1) is 33.3. The summed E-state index contributed by atoms with van der Waals surface area (Å²) in [6.45, 7) is 6.73. The molecule has 2 N–H and O–H groups in total. The minimum absolute atomic E-state index is 0.0634. The van der Waals surface area contributed by atoms with Gasteiger partial charge in [0, 0.05) is 50.3 Å². The predicted molar refractivity (Wildman–Crippen MR) is 156 cm³/mol. The molecule has 240 valence electrons. The van der Waals surface area contributed by atoms with Crippen molar-refractivity contribution in [3.63, 3.8) is 0 Å². The van der Waals surface area contributed by atoms with Crippen LogP contribution in [0.3, 0.4) is 0 Å². The lowest BCUT2D eigenvalue weighted by Crippen LogP contribution is -2.49. The van der Waals surface area contributed by atoms with Crippen LogP contribution in [0.2, 0.25) is 0 Å². The fourth-order valence-corrected chi connectivity index (χ4v) is 5.56. The number of pyridine rings is 2. The Morgan fingerprint density at radius 3 is 2.52 bits per heavy atom. The number of hydrogen-bond acceptors (Lipinski definition) is 6. The molecule has 2 aromatic heterocycles. The van der Waals surface area contributed by atoms with Crippen LogP contribution in [0, 0.1) is 11.7 Å². The highest BCUT2D eigenvalue weighted by Gasteiger charge is 2.38. The Kier molecular flexibility index (Phi) is 11.3. The van der Waals surface area contributed by atoms with Gasteiger partial charge in [0.15, 0.2) is 11.6 Å². The van der Waals surface area contributed by atoms with E-state index in [1.54, 1.807) is 41.4 Å². The number of benzene rings is 1. The van der Waals surface area contributed by atoms with Crippen molar-refractivity contribution in [2.45, 2.75) is 64.0 Å². The van der Waals surface area contributed by atoms with Crippen LogP contribution in [0.25, 0.3) is 21.9 Å². The number of piperidine rings is 2. The molecule has 0 radical (unpaired) electrons. The number of aromatic nitrogens is 2. The highest BCUT2D eigenvalue weighted by Crippen LogP contribution is 2.32. The molecule has 0 bridgehead atoms. The van der Waals surface area contributed by atoms with E-state index in [1.807, 2.05) is 0 Å². The van der Waals surface area contributed by atoms with Crippen LogP contribution in [0.1, 0.15) is 39.0 Å². The first-order valence-electron chi connectivity index (χ1n) is 14.8.